The molecule has 0 aliphatic rings. The molecule has 3 N–H and O–H groups in total. The zero-order chi connectivity index (χ0) is 11.6. The summed E-state index contributed by atoms with van der Waals surface area (Å²) >= 11 is 4.56. The van der Waals surface area contributed by atoms with Crippen molar-refractivity contribution in [3.05, 3.63) is 28.0 Å². The number of hydrogen-bond acceptors (Lipinski definition) is 2. The largest absolute Gasteiger partial charge is 0.384 e. The molecule has 2 nitrogen and oxygen atoms in total. The molecule has 5 heteroatoms. The van der Waals surface area contributed by atoms with Crippen LogP contribution in [0.2, 0.25) is 0 Å². The Morgan fingerprint density at radius 1 is 1.53 bits per heavy atom. The summed E-state index contributed by atoms with van der Waals surface area (Å²) in [6, 6.07) is 3.31. The third-order valence-corrected chi connectivity index (χ3v) is 3.52. The molecule has 1 aromatic carbocycles. The number of halogens is 2. The van der Waals surface area contributed by atoms with E-state index in [9.17, 15) is 4.39 Å². The van der Waals surface area contributed by atoms with Gasteiger partial charge in [0.25, 0.3) is 0 Å². The predicted octanol–water partition coefficient (Wildman–Crippen LogP) is 3.37. The average Bonchev–Trinajstić information content (AvgIpc) is 2.12. The Hall–Kier alpha value is -0.550. The van der Waals surface area contributed by atoms with Crippen LogP contribution in [0.5, 0.6) is 0 Å². The van der Waals surface area contributed by atoms with Crippen LogP contribution in [0.4, 0.5) is 4.39 Å². The smallest absolute Gasteiger partial charge is 0.151 e. The minimum Gasteiger partial charge on any atom is -0.384 e. The molecule has 0 bridgehead atoms. The molecule has 82 valence electrons. The van der Waals surface area contributed by atoms with Gasteiger partial charge in [-0.2, -0.15) is 0 Å². The normalized spacial score (nSPS) is 10.7. The zero-order valence-corrected chi connectivity index (χ0v) is 10.9. The lowest BCUT2D eigenvalue weighted by Gasteiger charge is -2.09. The van der Waals surface area contributed by atoms with E-state index in [0.29, 0.717) is 15.7 Å². The average molecular weight is 291 g/mol. The number of benzene rings is 1. The van der Waals surface area contributed by atoms with Gasteiger partial charge in [0.05, 0.1) is 4.47 Å². The Labute approximate surface area is 101 Å². The molecule has 0 heterocycles. The van der Waals surface area contributed by atoms with Crippen molar-refractivity contribution in [3.8, 4) is 0 Å². The van der Waals surface area contributed by atoms with Gasteiger partial charge in [-0.05, 0) is 28.1 Å². The van der Waals surface area contributed by atoms with Crippen molar-refractivity contribution in [1.82, 2.24) is 0 Å². The van der Waals surface area contributed by atoms with Gasteiger partial charge in [-0.15, -0.1) is 11.8 Å². The molecule has 0 unspecified atom stereocenters. The van der Waals surface area contributed by atoms with Gasteiger partial charge in [-0.3, -0.25) is 5.41 Å². The summed E-state index contributed by atoms with van der Waals surface area (Å²) in [5.41, 5.74) is 5.70. The third kappa shape index (κ3) is 2.95. The number of rotatable bonds is 3. The van der Waals surface area contributed by atoms with Gasteiger partial charge in [0.15, 0.2) is 5.82 Å². The molecule has 0 fully saturated rings. The van der Waals surface area contributed by atoms with Gasteiger partial charge in [0.2, 0.25) is 0 Å². The molecule has 15 heavy (non-hydrogen) atoms. The van der Waals surface area contributed by atoms with Gasteiger partial charge < -0.3 is 5.73 Å². The molecule has 0 aliphatic carbocycles. The van der Waals surface area contributed by atoms with Crippen LogP contribution in [0.1, 0.15) is 19.4 Å². The van der Waals surface area contributed by atoms with Gasteiger partial charge in [-0.1, -0.05) is 13.8 Å². The van der Waals surface area contributed by atoms with Gasteiger partial charge in [0.1, 0.15) is 5.84 Å². The fourth-order valence-corrected chi connectivity index (χ4v) is 2.64. The molecule has 0 amide bonds. The molecule has 1 aromatic rings. The molecule has 0 saturated heterocycles. The standard InChI is InChI=1S/C10H12BrFN2S/c1-5(2)15-7-4-3-6(10(13)14)8(11)9(7)12/h3-5H,1-2H3,(H3,13,14). The van der Waals surface area contributed by atoms with Crippen LogP contribution in [-0.2, 0) is 0 Å². The highest BCUT2D eigenvalue weighted by Gasteiger charge is 2.13. The Kier molecular flexibility index (Phi) is 4.16. The molecule has 0 atom stereocenters. The second-order valence-electron chi connectivity index (χ2n) is 3.32. The maximum absolute atomic E-state index is 13.8. The first-order valence-corrected chi connectivity index (χ1v) is 6.09. The monoisotopic (exact) mass is 290 g/mol. The SMILES string of the molecule is CC(C)Sc1ccc(C(=N)N)c(Br)c1F. The highest BCUT2D eigenvalue weighted by Crippen LogP contribution is 2.31. The molecular weight excluding hydrogens is 279 g/mol. The molecule has 0 saturated carbocycles. The number of nitrogens with one attached hydrogen (secondary N) is 1. The van der Waals surface area contributed by atoms with Crippen molar-refractivity contribution < 1.29 is 4.39 Å². The highest BCUT2D eigenvalue weighted by atomic mass is 79.9. The summed E-state index contributed by atoms with van der Waals surface area (Å²) in [5.74, 6) is -0.483. The van der Waals surface area contributed by atoms with Crippen LogP contribution in [0.3, 0.4) is 0 Å². The number of nitrogens with two attached hydrogens (primary N) is 1. The zero-order valence-electron chi connectivity index (χ0n) is 8.47. The van der Waals surface area contributed by atoms with E-state index in [1.807, 2.05) is 13.8 Å². The first-order valence-electron chi connectivity index (χ1n) is 4.42. The highest BCUT2D eigenvalue weighted by molar-refractivity contribution is 9.10. The summed E-state index contributed by atoms with van der Waals surface area (Å²) in [6.45, 7) is 3.99. The lowest BCUT2D eigenvalue weighted by molar-refractivity contribution is 0.594. The molecule has 0 spiro atoms. The third-order valence-electron chi connectivity index (χ3n) is 1.70. The Bertz CT molecular complexity index is 393. The summed E-state index contributed by atoms with van der Waals surface area (Å²) in [7, 11) is 0. The number of nitrogen functional groups attached to an aromatic ring is 1. The quantitative estimate of drug-likeness (QED) is 0.509. The fourth-order valence-electron chi connectivity index (χ4n) is 1.08. The van der Waals surface area contributed by atoms with Gasteiger partial charge in [-0.25, -0.2) is 4.39 Å². The maximum atomic E-state index is 13.8. The van der Waals surface area contributed by atoms with E-state index < -0.39 is 0 Å². The van der Waals surface area contributed by atoms with Crippen LogP contribution in [-0.4, -0.2) is 11.1 Å². The van der Waals surface area contributed by atoms with Crippen molar-refractivity contribution >= 4 is 33.5 Å². The van der Waals surface area contributed by atoms with E-state index in [0.717, 1.165) is 0 Å². The lowest BCUT2D eigenvalue weighted by atomic mass is 10.2. The molecule has 0 aliphatic heterocycles. The van der Waals surface area contributed by atoms with E-state index in [1.54, 1.807) is 12.1 Å². The topological polar surface area (TPSA) is 49.9 Å². The maximum Gasteiger partial charge on any atom is 0.151 e. The fraction of sp³-hybridized carbons (Fsp3) is 0.300. The molecule has 0 aromatic heterocycles. The summed E-state index contributed by atoms with van der Waals surface area (Å²) in [5, 5.41) is 7.57. The number of thioether (sulfide) groups is 1. The van der Waals surface area contributed by atoms with Gasteiger partial charge >= 0.3 is 0 Å². The molecule has 1 rings (SSSR count). The van der Waals surface area contributed by atoms with Crippen LogP contribution in [0, 0.1) is 11.2 Å². The van der Waals surface area contributed by atoms with Crippen LogP contribution in [0.15, 0.2) is 21.5 Å². The number of hydrogen-bond donors (Lipinski definition) is 2. The van der Waals surface area contributed by atoms with Crippen molar-refractivity contribution in [2.45, 2.75) is 24.0 Å². The molecule has 0 radical (unpaired) electrons. The van der Waals surface area contributed by atoms with Gasteiger partial charge in [0, 0.05) is 15.7 Å². The second kappa shape index (κ2) is 4.99. The van der Waals surface area contributed by atoms with Crippen molar-refractivity contribution in [3.63, 3.8) is 0 Å². The Morgan fingerprint density at radius 3 is 2.60 bits per heavy atom. The van der Waals surface area contributed by atoms with Crippen LogP contribution < -0.4 is 5.73 Å². The Balaban J connectivity index is 3.15. The first kappa shape index (κ1) is 12.5. The predicted molar refractivity (Wildman–Crippen MR) is 66.1 cm³/mol. The van der Waals surface area contributed by atoms with Crippen molar-refractivity contribution in [1.29, 1.82) is 5.41 Å². The summed E-state index contributed by atoms with van der Waals surface area (Å²) < 4.78 is 14.0. The minimum atomic E-state index is -0.346. The minimum absolute atomic E-state index is 0.137. The van der Waals surface area contributed by atoms with Crippen LogP contribution in [0.25, 0.3) is 0 Å². The van der Waals surface area contributed by atoms with Crippen molar-refractivity contribution in [2.24, 2.45) is 5.73 Å². The van der Waals surface area contributed by atoms with E-state index in [4.69, 9.17) is 11.1 Å². The van der Waals surface area contributed by atoms with E-state index in [2.05, 4.69) is 15.9 Å². The van der Waals surface area contributed by atoms with Crippen molar-refractivity contribution in [2.75, 3.05) is 0 Å². The lowest BCUT2D eigenvalue weighted by Crippen LogP contribution is -2.12. The number of amidine groups is 1. The van der Waals surface area contributed by atoms with E-state index in [-0.39, 0.29) is 16.1 Å². The first-order chi connectivity index (χ1) is 6.93. The van der Waals surface area contributed by atoms with E-state index in [1.165, 1.54) is 11.8 Å². The Morgan fingerprint density at radius 2 is 2.13 bits per heavy atom. The summed E-state index contributed by atoms with van der Waals surface area (Å²) in [6.07, 6.45) is 0. The molecular formula is C10H12BrFN2S. The van der Waals surface area contributed by atoms with Crippen LogP contribution >= 0.6 is 27.7 Å². The summed E-state index contributed by atoms with van der Waals surface area (Å²) in [4.78, 5) is 0.571. The second-order valence-corrected chi connectivity index (χ2v) is 5.73. The van der Waals surface area contributed by atoms with E-state index >= 15 is 0 Å².